The minimum Gasteiger partial charge on any atom is -0.364 e. The van der Waals surface area contributed by atoms with Crippen LogP contribution in [0.2, 0.25) is 0 Å². The summed E-state index contributed by atoms with van der Waals surface area (Å²) in [4.78, 5) is 0. The number of hydrogen-bond acceptors (Lipinski definition) is 2. The molecule has 1 aliphatic rings. The molecule has 2 rings (SSSR count). The Hall–Kier alpha value is -0.860. The van der Waals surface area contributed by atoms with Crippen molar-refractivity contribution in [2.45, 2.75) is 19.4 Å². The van der Waals surface area contributed by atoms with Crippen molar-refractivity contribution in [2.75, 3.05) is 13.3 Å². The molecule has 1 fully saturated rings. The van der Waals surface area contributed by atoms with Crippen LogP contribution in [-0.2, 0) is 10.3 Å². The molecule has 1 saturated heterocycles. The van der Waals surface area contributed by atoms with Gasteiger partial charge in [0.25, 0.3) is 0 Å². The molecular weight excluding hydrogens is 162 g/mol. The maximum atomic E-state index is 5.33. The van der Waals surface area contributed by atoms with E-state index in [-0.39, 0.29) is 5.54 Å². The predicted molar refractivity (Wildman–Crippen MR) is 52.5 cm³/mol. The van der Waals surface area contributed by atoms with Crippen LogP contribution in [0.15, 0.2) is 24.3 Å². The molecule has 0 saturated carbocycles. The van der Waals surface area contributed by atoms with E-state index in [0.717, 1.165) is 6.61 Å². The smallest absolute Gasteiger partial charge is 0.0973 e. The Bertz CT molecular complexity index is 285. The van der Waals surface area contributed by atoms with Gasteiger partial charge in [-0.2, -0.15) is 0 Å². The Morgan fingerprint density at radius 1 is 1.31 bits per heavy atom. The molecule has 0 aromatic heterocycles. The molecule has 2 nitrogen and oxygen atoms in total. The predicted octanol–water partition coefficient (Wildman–Crippen LogP) is 1.79. The highest BCUT2D eigenvalue weighted by molar-refractivity contribution is 5.28. The average molecular weight is 177 g/mol. The first-order valence-electron chi connectivity index (χ1n) is 4.61. The third-order valence-corrected chi connectivity index (χ3v) is 2.64. The fraction of sp³-hybridized carbons (Fsp3) is 0.455. The van der Waals surface area contributed by atoms with E-state index in [1.165, 1.54) is 11.1 Å². The number of nitrogens with one attached hydrogen (secondary N) is 1. The van der Waals surface area contributed by atoms with Gasteiger partial charge >= 0.3 is 0 Å². The molecule has 0 spiro atoms. The average Bonchev–Trinajstić information content (AvgIpc) is 2.54. The van der Waals surface area contributed by atoms with Gasteiger partial charge in [-0.05, 0) is 19.4 Å². The molecule has 1 aliphatic heterocycles. The summed E-state index contributed by atoms with van der Waals surface area (Å²) in [6.07, 6.45) is 0. The lowest BCUT2D eigenvalue weighted by Gasteiger charge is -2.22. The topological polar surface area (TPSA) is 21.3 Å². The van der Waals surface area contributed by atoms with Crippen LogP contribution in [0.4, 0.5) is 0 Å². The maximum absolute atomic E-state index is 5.33. The fourth-order valence-corrected chi connectivity index (χ4v) is 1.62. The first-order valence-corrected chi connectivity index (χ1v) is 4.61. The van der Waals surface area contributed by atoms with E-state index in [0.29, 0.717) is 6.73 Å². The molecule has 0 bridgehead atoms. The summed E-state index contributed by atoms with van der Waals surface area (Å²) in [5.74, 6) is 0. The summed E-state index contributed by atoms with van der Waals surface area (Å²) in [5, 5.41) is 3.35. The molecule has 1 N–H and O–H groups in total. The Labute approximate surface area is 78.9 Å². The molecule has 1 atom stereocenters. The van der Waals surface area contributed by atoms with Crippen molar-refractivity contribution in [1.82, 2.24) is 5.32 Å². The van der Waals surface area contributed by atoms with Crippen LogP contribution < -0.4 is 5.32 Å². The van der Waals surface area contributed by atoms with Gasteiger partial charge in [-0.1, -0.05) is 29.8 Å². The van der Waals surface area contributed by atoms with Crippen molar-refractivity contribution in [3.63, 3.8) is 0 Å². The highest BCUT2D eigenvalue weighted by Gasteiger charge is 2.30. The summed E-state index contributed by atoms with van der Waals surface area (Å²) < 4.78 is 5.33. The minimum absolute atomic E-state index is 0.00764. The van der Waals surface area contributed by atoms with Crippen LogP contribution in [-0.4, -0.2) is 13.3 Å². The van der Waals surface area contributed by atoms with Crippen molar-refractivity contribution in [3.8, 4) is 0 Å². The number of benzene rings is 1. The molecule has 1 heterocycles. The van der Waals surface area contributed by atoms with Crippen LogP contribution in [0, 0.1) is 6.92 Å². The quantitative estimate of drug-likeness (QED) is 0.706. The zero-order chi connectivity index (χ0) is 9.31. The van der Waals surface area contributed by atoms with Gasteiger partial charge in [-0.25, -0.2) is 0 Å². The summed E-state index contributed by atoms with van der Waals surface area (Å²) in [5.41, 5.74) is 2.61. The van der Waals surface area contributed by atoms with Crippen LogP contribution in [0.1, 0.15) is 18.1 Å². The van der Waals surface area contributed by atoms with E-state index in [9.17, 15) is 0 Å². The summed E-state index contributed by atoms with van der Waals surface area (Å²) in [6, 6.07) is 8.61. The fourth-order valence-electron chi connectivity index (χ4n) is 1.62. The van der Waals surface area contributed by atoms with Crippen LogP contribution >= 0.6 is 0 Å². The van der Waals surface area contributed by atoms with Gasteiger partial charge in [-0.15, -0.1) is 0 Å². The second kappa shape index (κ2) is 3.13. The third kappa shape index (κ3) is 1.60. The van der Waals surface area contributed by atoms with Gasteiger partial charge in [-0.3, -0.25) is 5.32 Å². The lowest BCUT2D eigenvalue weighted by molar-refractivity contribution is 0.179. The van der Waals surface area contributed by atoms with Crippen LogP contribution in [0.5, 0.6) is 0 Å². The number of ether oxygens (including phenoxy) is 1. The van der Waals surface area contributed by atoms with Crippen molar-refractivity contribution < 1.29 is 4.74 Å². The number of rotatable bonds is 1. The normalized spacial score (nSPS) is 27.8. The van der Waals surface area contributed by atoms with E-state index in [1.807, 2.05) is 0 Å². The summed E-state index contributed by atoms with van der Waals surface area (Å²) in [6.45, 7) is 5.69. The molecule has 13 heavy (non-hydrogen) atoms. The lowest BCUT2D eigenvalue weighted by Crippen LogP contribution is -2.35. The highest BCUT2D eigenvalue weighted by Crippen LogP contribution is 2.24. The Balaban J connectivity index is 2.29. The van der Waals surface area contributed by atoms with Gasteiger partial charge in [0.2, 0.25) is 0 Å². The second-order valence-corrected chi connectivity index (χ2v) is 3.87. The van der Waals surface area contributed by atoms with Gasteiger partial charge in [0, 0.05) is 0 Å². The molecule has 0 radical (unpaired) electrons. The van der Waals surface area contributed by atoms with Crippen LogP contribution in [0.3, 0.4) is 0 Å². The molecule has 0 aliphatic carbocycles. The highest BCUT2D eigenvalue weighted by atomic mass is 16.5. The van der Waals surface area contributed by atoms with E-state index < -0.39 is 0 Å². The van der Waals surface area contributed by atoms with Crippen molar-refractivity contribution in [2.24, 2.45) is 0 Å². The molecular formula is C11H15NO. The second-order valence-electron chi connectivity index (χ2n) is 3.87. The molecule has 0 amide bonds. The number of hydrogen-bond donors (Lipinski definition) is 1. The molecule has 2 heteroatoms. The summed E-state index contributed by atoms with van der Waals surface area (Å²) in [7, 11) is 0. The van der Waals surface area contributed by atoms with Gasteiger partial charge in [0.05, 0.1) is 18.9 Å². The van der Waals surface area contributed by atoms with Crippen molar-refractivity contribution in [1.29, 1.82) is 0 Å². The SMILES string of the molecule is Cc1ccc(C2(C)COCN2)cc1. The van der Waals surface area contributed by atoms with E-state index >= 15 is 0 Å². The summed E-state index contributed by atoms with van der Waals surface area (Å²) >= 11 is 0. The van der Waals surface area contributed by atoms with E-state index in [1.54, 1.807) is 0 Å². The Kier molecular flexibility index (Phi) is 2.10. The van der Waals surface area contributed by atoms with Gasteiger partial charge < -0.3 is 4.74 Å². The lowest BCUT2D eigenvalue weighted by atomic mass is 9.93. The van der Waals surface area contributed by atoms with Crippen molar-refractivity contribution >= 4 is 0 Å². The number of aryl methyl sites for hydroxylation is 1. The van der Waals surface area contributed by atoms with Gasteiger partial charge in [0.1, 0.15) is 0 Å². The molecule has 1 aromatic rings. The van der Waals surface area contributed by atoms with E-state index in [2.05, 4.69) is 43.4 Å². The molecule has 70 valence electrons. The largest absolute Gasteiger partial charge is 0.364 e. The van der Waals surface area contributed by atoms with Crippen LogP contribution in [0.25, 0.3) is 0 Å². The first kappa shape index (κ1) is 8.73. The maximum Gasteiger partial charge on any atom is 0.0973 e. The molecule has 1 unspecified atom stereocenters. The zero-order valence-electron chi connectivity index (χ0n) is 8.13. The Morgan fingerprint density at radius 2 is 2.00 bits per heavy atom. The third-order valence-electron chi connectivity index (χ3n) is 2.64. The monoisotopic (exact) mass is 177 g/mol. The Morgan fingerprint density at radius 3 is 2.54 bits per heavy atom. The van der Waals surface area contributed by atoms with Crippen molar-refractivity contribution in [3.05, 3.63) is 35.4 Å². The van der Waals surface area contributed by atoms with Gasteiger partial charge in [0.15, 0.2) is 0 Å². The van der Waals surface area contributed by atoms with E-state index in [4.69, 9.17) is 4.74 Å². The standard InChI is InChI=1S/C11H15NO/c1-9-3-5-10(6-4-9)11(2)7-13-8-12-11/h3-6,12H,7-8H2,1-2H3. The first-order chi connectivity index (χ1) is 6.21. The minimum atomic E-state index is 0.00764. The molecule has 1 aromatic carbocycles. The zero-order valence-corrected chi connectivity index (χ0v) is 8.13.